The van der Waals surface area contributed by atoms with Gasteiger partial charge in [0.2, 0.25) is 0 Å². The Balaban J connectivity index is 1.78. The van der Waals surface area contributed by atoms with E-state index in [1.54, 1.807) is 24.3 Å². The van der Waals surface area contributed by atoms with Crippen molar-refractivity contribution >= 4 is 11.9 Å². The van der Waals surface area contributed by atoms with Gasteiger partial charge in [-0.1, -0.05) is 31.2 Å². The summed E-state index contributed by atoms with van der Waals surface area (Å²) in [6.45, 7) is 5.12. The van der Waals surface area contributed by atoms with Gasteiger partial charge >= 0.3 is 5.97 Å². The van der Waals surface area contributed by atoms with Crippen molar-refractivity contribution in [2.24, 2.45) is 0 Å². The van der Waals surface area contributed by atoms with Crippen LogP contribution in [-0.2, 0) is 20.7 Å². The molecule has 0 saturated carbocycles. The fourth-order valence-electron chi connectivity index (χ4n) is 2.52. The second-order valence-corrected chi connectivity index (χ2v) is 6.39. The lowest BCUT2D eigenvalue weighted by atomic mass is 10.1. The monoisotopic (exact) mass is 380 g/mol. The number of carbonyl (C=O) groups is 2. The van der Waals surface area contributed by atoms with Gasteiger partial charge in [-0.3, -0.25) is 4.79 Å². The molecule has 0 bridgehead atoms. The van der Waals surface area contributed by atoms with Crippen LogP contribution in [0.4, 0.5) is 0 Å². The van der Waals surface area contributed by atoms with Gasteiger partial charge in [0.05, 0.1) is 17.7 Å². The maximum absolute atomic E-state index is 12.0. The molecule has 2 aromatic carbocycles. The lowest BCUT2D eigenvalue weighted by Gasteiger charge is -2.16. The van der Waals surface area contributed by atoms with Crippen LogP contribution < -0.4 is 10.1 Å². The highest BCUT2D eigenvalue weighted by atomic mass is 16.6. The SMILES string of the molecule is CCc1ccc([C@@H](C)NC(=O)COC(=O)[C@@H](C)Oc2ccc(C#N)cc2)cc1. The third-order valence-electron chi connectivity index (χ3n) is 4.24. The Morgan fingerprint density at radius 3 is 2.29 bits per heavy atom. The Hall–Kier alpha value is -3.33. The maximum atomic E-state index is 12.0. The number of nitrogens with one attached hydrogen (secondary N) is 1. The lowest BCUT2D eigenvalue weighted by molar-refractivity contribution is -0.154. The lowest BCUT2D eigenvalue weighted by Crippen LogP contribution is -2.34. The summed E-state index contributed by atoms with van der Waals surface area (Å²) in [6.07, 6.45) is 0.0828. The molecule has 0 fully saturated rings. The van der Waals surface area contributed by atoms with E-state index >= 15 is 0 Å². The van der Waals surface area contributed by atoms with E-state index in [9.17, 15) is 9.59 Å². The van der Waals surface area contributed by atoms with Gasteiger partial charge in [-0.25, -0.2) is 4.79 Å². The summed E-state index contributed by atoms with van der Waals surface area (Å²) in [5.41, 5.74) is 2.71. The van der Waals surface area contributed by atoms with E-state index in [1.807, 2.05) is 37.3 Å². The molecule has 0 aliphatic rings. The molecule has 0 unspecified atom stereocenters. The van der Waals surface area contributed by atoms with Crippen LogP contribution in [0.25, 0.3) is 0 Å². The van der Waals surface area contributed by atoms with Crippen molar-refractivity contribution in [2.75, 3.05) is 6.61 Å². The average Bonchev–Trinajstić information content (AvgIpc) is 2.72. The molecule has 0 aliphatic carbocycles. The molecule has 6 heteroatoms. The quantitative estimate of drug-likeness (QED) is 0.710. The fourth-order valence-corrected chi connectivity index (χ4v) is 2.52. The molecule has 0 aromatic heterocycles. The molecular formula is C22H24N2O4. The number of amides is 1. The molecule has 0 saturated heterocycles. The van der Waals surface area contributed by atoms with Crippen LogP contribution in [0.15, 0.2) is 48.5 Å². The zero-order valence-corrected chi connectivity index (χ0v) is 16.3. The van der Waals surface area contributed by atoms with Crippen molar-refractivity contribution in [2.45, 2.75) is 39.3 Å². The van der Waals surface area contributed by atoms with Crippen LogP contribution in [0.1, 0.15) is 43.5 Å². The molecule has 0 spiro atoms. The molecule has 146 valence electrons. The third-order valence-corrected chi connectivity index (χ3v) is 4.24. The van der Waals surface area contributed by atoms with Gasteiger partial charge < -0.3 is 14.8 Å². The average molecular weight is 380 g/mol. The van der Waals surface area contributed by atoms with E-state index in [1.165, 1.54) is 12.5 Å². The fraction of sp³-hybridized carbons (Fsp3) is 0.318. The van der Waals surface area contributed by atoms with Crippen molar-refractivity contribution in [1.29, 1.82) is 5.26 Å². The van der Waals surface area contributed by atoms with Crippen molar-refractivity contribution in [3.8, 4) is 11.8 Å². The standard InChI is InChI=1S/C22H24N2O4/c1-4-17-5-9-19(10-6-17)15(2)24-21(25)14-27-22(26)16(3)28-20-11-7-18(13-23)8-12-20/h5-12,15-16H,4,14H2,1-3H3,(H,24,25)/t15-,16-/m1/s1. The number of hydrogen-bond acceptors (Lipinski definition) is 5. The van der Waals surface area contributed by atoms with Gasteiger partial charge in [0, 0.05) is 0 Å². The molecule has 1 amide bonds. The molecule has 1 N–H and O–H groups in total. The highest BCUT2D eigenvalue weighted by Crippen LogP contribution is 2.15. The number of ether oxygens (including phenoxy) is 2. The molecule has 0 aliphatic heterocycles. The second-order valence-electron chi connectivity index (χ2n) is 6.39. The number of nitrogens with zero attached hydrogens (tertiary/aromatic N) is 1. The predicted molar refractivity (Wildman–Crippen MR) is 105 cm³/mol. The van der Waals surface area contributed by atoms with Gasteiger partial charge in [-0.2, -0.15) is 5.26 Å². The number of benzene rings is 2. The molecular weight excluding hydrogens is 356 g/mol. The summed E-state index contributed by atoms with van der Waals surface area (Å²) < 4.78 is 10.5. The van der Waals surface area contributed by atoms with E-state index in [0.29, 0.717) is 11.3 Å². The van der Waals surface area contributed by atoms with Crippen molar-refractivity contribution in [3.05, 3.63) is 65.2 Å². The van der Waals surface area contributed by atoms with E-state index in [4.69, 9.17) is 14.7 Å². The number of carbonyl (C=O) groups excluding carboxylic acids is 2. The Morgan fingerprint density at radius 2 is 1.71 bits per heavy atom. The van der Waals surface area contributed by atoms with Gasteiger partial charge in [0.15, 0.2) is 12.7 Å². The highest BCUT2D eigenvalue weighted by molar-refractivity contribution is 5.82. The number of hydrogen-bond donors (Lipinski definition) is 1. The molecule has 0 radical (unpaired) electrons. The van der Waals surface area contributed by atoms with Crippen LogP contribution >= 0.6 is 0 Å². The molecule has 28 heavy (non-hydrogen) atoms. The van der Waals surface area contributed by atoms with E-state index in [-0.39, 0.29) is 18.6 Å². The zero-order chi connectivity index (χ0) is 20.5. The van der Waals surface area contributed by atoms with Crippen LogP contribution in [0.3, 0.4) is 0 Å². The van der Waals surface area contributed by atoms with Crippen LogP contribution in [0, 0.1) is 11.3 Å². The Morgan fingerprint density at radius 1 is 1.07 bits per heavy atom. The van der Waals surface area contributed by atoms with Crippen molar-refractivity contribution < 1.29 is 19.1 Å². The van der Waals surface area contributed by atoms with Gasteiger partial charge in [0.1, 0.15) is 5.75 Å². The largest absolute Gasteiger partial charge is 0.479 e. The molecule has 2 atom stereocenters. The topological polar surface area (TPSA) is 88.4 Å². The first kappa shape index (κ1) is 21.0. The van der Waals surface area contributed by atoms with Gasteiger partial charge in [-0.05, 0) is 55.7 Å². The smallest absolute Gasteiger partial charge is 0.347 e. The summed E-state index contributed by atoms with van der Waals surface area (Å²) in [4.78, 5) is 24.1. The number of esters is 1. The summed E-state index contributed by atoms with van der Waals surface area (Å²) in [5.74, 6) is -0.581. The normalized spacial score (nSPS) is 12.4. The minimum absolute atomic E-state index is 0.190. The molecule has 2 rings (SSSR count). The first-order chi connectivity index (χ1) is 13.4. The zero-order valence-electron chi connectivity index (χ0n) is 16.3. The van der Waals surface area contributed by atoms with E-state index in [2.05, 4.69) is 12.2 Å². The van der Waals surface area contributed by atoms with E-state index < -0.39 is 12.1 Å². The summed E-state index contributed by atoms with van der Waals surface area (Å²) >= 11 is 0. The van der Waals surface area contributed by atoms with Crippen LogP contribution in [0.5, 0.6) is 5.75 Å². The maximum Gasteiger partial charge on any atom is 0.347 e. The van der Waals surface area contributed by atoms with Crippen LogP contribution in [-0.4, -0.2) is 24.6 Å². The molecule has 0 heterocycles. The van der Waals surface area contributed by atoms with Crippen molar-refractivity contribution in [1.82, 2.24) is 5.32 Å². The Bertz CT molecular complexity index is 838. The Kier molecular flexibility index (Phi) is 7.58. The first-order valence-electron chi connectivity index (χ1n) is 9.14. The van der Waals surface area contributed by atoms with Crippen molar-refractivity contribution in [3.63, 3.8) is 0 Å². The van der Waals surface area contributed by atoms with Crippen LogP contribution in [0.2, 0.25) is 0 Å². The molecule has 6 nitrogen and oxygen atoms in total. The first-order valence-corrected chi connectivity index (χ1v) is 9.14. The minimum Gasteiger partial charge on any atom is -0.479 e. The van der Waals surface area contributed by atoms with Gasteiger partial charge in [-0.15, -0.1) is 0 Å². The number of aryl methyl sites for hydroxylation is 1. The summed E-state index contributed by atoms with van der Waals surface area (Å²) in [6, 6.07) is 16.2. The minimum atomic E-state index is -0.875. The third kappa shape index (κ3) is 6.13. The second kappa shape index (κ2) is 10.1. The predicted octanol–water partition coefficient (Wildman–Crippen LogP) is 3.31. The number of nitriles is 1. The highest BCUT2D eigenvalue weighted by Gasteiger charge is 2.18. The Labute approximate surface area is 165 Å². The van der Waals surface area contributed by atoms with Gasteiger partial charge in [0.25, 0.3) is 5.91 Å². The summed E-state index contributed by atoms with van der Waals surface area (Å²) in [5, 5.41) is 11.6. The summed E-state index contributed by atoms with van der Waals surface area (Å²) in [7, 11) is 0. The number of rotatable bonds is 8. The molecule has 2 aromatic rings. The van der Waals surface area contributed by atoms with E-state index in [0.717, 1.165) is 12.0 Å².